The summed E-state index contributed by atoms with van der Waals surface area (Å²) in [4.78, 5) is 0. The van der Waals surface area contributed by atoms with Gasteiger partial charge in [-0.25, -0.2) is 4.39 Å². The van der Waals surface area contributed by atoms with E-state index in [0.717, 1.165) is 19.3 Å². The summed E-state index contributed by atoms with van der Waals surface area (Å²) in [6.07, 6.45) is 4.68. The highest BCUT2D eigenvalue weighted by molar-refractivity contribution is 5.32. The van der Waals surface area contributed by atoms with Crippen molar-refractivity contribution in [3.63, 3.8) is 0 Å². The minimum Gasteiger partial charge on any atom is -0.494 e. The molecule has 0 amide bonds. The molecule has 1 aromatic rings. The van der Waals surface area contributed by atoms with Crippen molar-refractivity contribution < 1.29 is 13.9 Å². The normalized spacial score (nSPS) is 27.4. The van der Waals surface area contributed by atoms with Gasteiger partial charge in [0.1, 0.15) is 0 Å². The lowest BCUT2D eigenvalue weighted by Gasteiger charge is -2.43. The Kier molecular flexibility index (Phi) is 5.22. The van der Waals surface area contributed by atoms with Gasteiger partial charge in [0.15, 0.2) is 11.6 Å². The Labute approximate surface area is 126 Å². The molecular formula is C17H26FNO2. The topological polar surface area (TPSA) is 44.5 Å². The smallest absolute Gasteiger partial charge is 0.168 e. The molecule has 118 valence electrons. The Bertz CT molecular complexity index is 480. The molecule has 3 nitrogen and oxygen atoms in total. The van der Waals surface area contributed by atoms with E-state index in [1.54, 1.807) is 25.3 Å². The van der Waals surface area contributed by atoms with Crippen LogP contribution < -0.4 is 10.5 Å². The summed E-state index contributed by atoms with van der Waals surface area (Å²) in [5.41, 5.74) is 6.67. The molecule has 1 aromatic carbocycles. The van der Waals surface area contributed by atoms with E-state index in [-0.39, 0.29) is 23.2 Å². The number of hydrogen-bond donors (Lipinski definition) is 1. The predicted octanol–water partition coefficient (Wildman–Crippen LogP) is 3.30. The van der Waals surface area contributed by atoms with Crippen molar-refractivity contribution in [2.45, 2.75) is 50.7 Å². The van der Waals surface area contributed by atoms with Gasteiger partial charge in [-0.3, -0.25) is 0 Å². The first-order chi connectivity index (χ1) is 10.0. The summed E-state index contributed by atoms with van der Waals surface area (Å²) >= 11 is 0. The van der Waals surface area contributed by atoms with Crippen molar-refractivity contribution in [3.05, 3.63) is 29.6 Å². The second kappa shape index (κ2) is 6.75. The van der Waals surface area contributed by atoms with Gasteiger partial charge in [-0.2, -0.15) is 0 Å². The molecular weight excluding hydrogens is 269 g/mol. The van der Waals surface area contributed by atoms with Crippen LogP contribution >= 0.6 is 0 Å². The Morgan fingerprint density at radius 2 is 2.19 bits per heavy atom. The van der Waals surface area contributed by atoms with E-state index < -0.39 is 0 Å². The molecule has 1 aliphatic carbocycles. The Morgan fingerprint density at radius 1 is 1.43 bits per heavy atom. The molecule has 21 heavy (non-hydrogen) atoms. The summed E-state index contributed by atoms with van der Waals surface area (Å²) in [7, 11) is 3.20. The molecule has 3 atom stereocenters. The maximum Gasteiger partial charge on any atom is 0.168 e. The number of rotatable bonds is 5. The van der Waals surface area contributed by atoms with Gasteiger partial charge in [-0.1, -0.05) is 31.9 Å². The number of benzene rings is 1. The summed E-state index contributed by atoms with van der Waals surface area (Å²) < 4.78 is 25.1. The van der Waals surface area contributed by atoms with Crippen LogP contribution in [0.1, 0.15) is 38.2 Å². The third-order valence-corrected chi connectivity index (χ3v) is 4.78. The summed E-state index contributed by atoms with van der Waals surface area (Å²) in [6, 6.07) is 4.98. The van der Waals surface area contributed by atoms with Gasteiger partial charge in [0.2, 0.25) is 0 Å². The molecule has 3 unspecified atom stereocenters. The van der Waals surface area contributed by atoms with Gasteiger partial charge in [-0.05, 0) is 36.8 Å². The lowest BCUT2D eigenvalue weighted by atomic mass is 9.73. The Morgan fingerprint density at radius 3 is 2.81 bits per heavy atom. The molecule has 0 aromatic heterocycles. The zero-order valence-corrected chi connectivity index (χ0v) is 13.2. The number of nitrogens with two attached hydrogens (primary N) is 1. The number of ether oxygens (including phenoxy) is 2. The molecule has 0 heterocycles. The zero-order valence-electron chi connectivity index (χ0n) is 13.2. The minimum absolute atomic E-state index is 0.216. The molecule has 0 saturated heterocycles. The molecule has 1 aliphatic rings. The van der Waals surface area contributed by atoms with Gasteiger partial charge in [0.05, 0.1) is 12.7 Å². The third-order valence-electron chi connectivity index (χ3n) is 4.78. The average Bonchev–Trinajstić information content (AvgIpc) is 2.49. The van der Waals surface area contributed by atoms with Crippen molar-refractivity contribution in [3.8, 4) is 5.75 Å². The first-order valence-corrected chi connectivity index (χ1v) is 7.64. The van der Waals surface area contributed by atoms with E-state index >= 15 is 0 Å². The van der Waals surface area contributed by atoms with Crippen LogP contribution in [0.15, 0.2) is 18.2 Å². The lowest BCUT2D eigenvalue weighted by Crippen LogP contribution is -2.53. The van der Waals surface area contributed by atoms with Gasteiger partial charge in [0.25, 0.3) is 0 Å². The van der Waals surface area contributed by atoms with Gasteiger partial charge >= 0.3 is 0 Å². The van der Waals surface area contributed by atoms with Crippen LogP contribution in [0.3, 0.4) is 0 Å². The van der Waals surface area contributed by atoms with Crippen molar-refractivity contribution in [1.82, 2.24) is 0 Å². The van der Waals surface area contributed by atoms with E-state index in [0.29, 0.717) is 17.9 Å². The third kappa shape index (κ3) is 3.38. The van der Waals surface area contributed by atoms with Crippen LogP contribution in [0.2, 0.25) is 0 Å². The van der Waals surface area contributed by atoms with E-state index in [9.17, 15) is 4.39 Å². The predicted molar refractivity (Wildman–Crippen MR) is 82.0 cm³/mol. The molecule has 0 aliphatic heterocycles. The van der Waals surface area contributed by atoms with Gasteiger partial charge < -0.3 is 15.2 Å². The number of methoxy groups -OCH3 is 2. The molecule has 2 N–H and O–H groups in total. The zero-order chi connectivity index (χ0) is 15.5. The van der Waals surface area contributed by atoms with Crippen LogP contribution in [0.5, 0.6) is 5.75 Å². The Hall–Kier alpha value is -1.13. The van der Waals surface area contributed by atoms with Crippen LogP contribution in [-0.2, 0) is 11.2 Å². The lowest BCUT2D eigenvalue weighted by molar-refractivity contribution is -0.0706. The summed E-state index contributed by atoms with van der Waals surface area (Å²) in [5.74, 6) is 0.550. The molecule has 1 fully saturated rings. The van der Waals surface area contributed by atoms with Gasteiger partial charge in [-0.15, -0.1) is 0 Å². The highest BCUT2D eigenvalue weighted by Crippen LogP contribution is 2.38. The minimum atomic E-state index is -0.340. The van der Waals surface area contributed by atoms with Crippen LogP contribution in [0.25, 0.3) is 0 Å². The molecule has 1 saturated carbocycles. The molecule has 0 bridgehead atoms. The summed E-state index contributed by atoms with van der Waals surface area (Å²) in [6.45, 7) is 2.23. The molecule has 4 heteroatoms. The maximum atomic E-state index is 14.3. The first-order valence-electron chi connectivity index (χ1n) is 7.64. The fraction of sp³-hybridized carbons (Fsp3) is 0.647. The average molecular weight is 295 g/mol. The second-order valence-electron chi connectivity index (χ2n) is 6.21. The first kappa shape index (κ1) is 16.2. The van der Waals surface area contributed by atoms with Crippen molar-refractivity contribution in [2.75, 3.05) is 14.2 Å². The maximum absolute atomic E-state index is 14.3. The monoisotopic (exact) mass is 295 g/mol. The van der Waals surface area contributed by atoms with E-state index in [1.165, 1.54) is 13.5 Å². The van der Waals surface area contributed by atoms with Crippen molar-refractivity contribution in [2.24, 2.45) is 11.7 Å². The highest BCUT2D eigenvalue weighted by atomic mass is 19.1. The van der Waals surface area contributed by atoms with Crippen molar-refractivity contribution >= 4 is 0 Å². The van der Waals surface area contributed by atoms with E-state index in [1.807, 2.05) is 0 Å². The highest BCUT2D eigenvalue weighted by Gasteiger charge is 2.40. The Balaban J connectivity index is 2.18. The van der Waals surface area contributed by atoms with Crippen LogP contribution in [-0.4, -0.2) is 25.9 Å². The SMILES string of the molecule is COc1cccc(CC(N)C2(OC)CCCC(C)C2)c1F. The second-order valence-corrected chi connectivity index (χ2v) is 6.21. The number of halogens is 1. The summed E-state index contributed by atoms with van der Waals surface area (Å²) in [5, 5.41) is 0. The standard InChI is InChI=1S/C17H26FNO2/c1-12-6-5-9-17(11-12,21-3)15(19)10-13-7-4-8-14(20-2)16(13)18/h4,7-8,12,15H,5-6,9-11,19H2,1-3H3. The van der Waals surface area contributed by atoms with Crippen LogP contribution in [0, 0.1) is 11.7 Å². The van der Waals surface area contributed by atoms with E-state index in [4.69, 9.17) is 15.2 Å². The van der Waals surface area contributed by atoms with E-state index in [2.05, 4.69) is 6.92 Å². The van der Waals surface area contributed by atoms with Crippen LogP contribution in [0.4, 0.5) is 4.39 Å². The molecule has 0 radical (unpaired) electrons. The molecule has 2 rings (SSSR count). The van der Waals surface area contributed by atoms with Crippen molar-refractivity contribution in [1.29, 1.82) is 0 Å². The largest absolute Gasteiger partial charge is 0.494 e. The fourth-order valence-electron chi connectivity index (χ4n) is 3.51. The quantitative estimate of drug-likeness (QED) is 0.906. The number of hydrogen-bond acceptors (Lipinski definition) is 3. The fourth-order valence-corrected chi connectivity index (χ4v) is 3.51. The van der Waals surface area contributed by atoms with Gasteiger partial charge in [0, 0.05) is 13.2 Å². The molecule has 0 spiro atoms.